The summed E-state index contributed by atoms with van der Waals surface area (Å²) >= 11 is 3.02. The molecule has 17 heavy (non-hydrogen) atoms. The van der Waals surface area contributed by atoms with Gasteiger partial charge in [0.1, 0.15) is 4.90 Å². The van der Waals surface area contributed by atoms with Gasteiger partial charge in [0.25, 0.3) is 0 Å². The molecule has 0 unspecified atom stereocenters. The molecular formula is C9H12BrN3O3S. The zero-order chi connectivity index (χ0) is 12.5. The summed E-state index contributed by atoms with van der Waals surface area (Å²) in [5.74, 6) is 0. The number of pyridine rings is 1. The van der Waals surface area contributed by atoms with E-state index in [1.54, 1.807) is 0 Å². The van der Waals surface area contributed by atoms with Crippen LogP contribution in [0.4, 0.5) is 0 Å². The Balaban J connectivity index is 2.44. The van der Waals surface area contributed by atoms with Gasteiger partial charge in [0.15, 0.2) is 0 Å². The maximum Gasteiger partial charge on any atom is 0.248 e. The quantitative estimate of drug-likeness (QED) is 0.785. The zero-order valence-corrected chi connectivity index (χ0v) is 11.3. The Labute approximate surface area is 107 Å². The molecule has 2 rings (SSSR count). The van der Waals surface area contributed by atoms with Crippen LogP contribution in [0.15, 0.2) is 26.6 Å². The van der Waals surface area contributed by atoms with Gasteiger partial charge in [-0.25, -0.2) is 8.42 Å². The van der Waals surface area contributed by atoms with Crippen molar-refractivity contribution in [1.29, 1.82) is 0 Å². The van der Waals surface area contributed by atoms with Crippen molar-refractivity contribution >= 4 is 26.0 Å². The van der Waals surface area contributed by atoms with Crippen LogP contribution >= 0.6 is 15.9 Å². The molecule has 0 bridgehead atoms. The molecule has 2 heterocycles. The van der Waals surface area contributed by atoms with E-state index in [0.717, 1.165) is 0 Å². The minimum atomic E-state index is -3.70. The number of nitrogens with one attached hydrogen (secondary N) is 2. The van der Waals surface area contributed by atoms with Crippen molar-refractivity contribution in [3.63, 3.8) is 0 Å². The van der Waals surface area contributed by atoms with Crippen molar-refractivity contribution in [3.8, 4) is 0 Å². The second-order valence-electron chi connectivity index (χ2n) is 3.65. The third-order valence-electron chi connectivity index (χ3n) is 2.56. The van der Waals surface area contributed by atoms with E-state index >= 15 is 0 Å². The Bertz CT molecular complexity index is 563. The largest absolute Gasteiger partial charge is 0.365 e. The minimum absolute atomic E-state index is 0.214. The zero-order valence-electron chi connectivity index (χ0n) is 8.94. The van der Waals surface area contributed by atoms with Gasteiger partial charge in [0.2, 0.25) is 15.5 Å². The fourth-order valence-corrected chi connectivity index (χ4v) is 3.63. The standard InChI is InChI=1S/C9H12BrN3O3S/c10-7-5-12-6-8(9(7)14)17(15,16)13-3-1-11-2-4-13/h5-6,11H,1-4H2,(H,12,14). The highest BCUT2D eigenvalue weighted by molar-refractivity contribution is 9.10. The van der Waals surface area contributed by atoms with Gasteiger partial charge in [-0.05, 0) is 15.9 Å². The molecule has 0 aliphatic carbocycles. The molecule has 1 aliphatic heterocycles. The Hall–Kier alpha value is -0.700. The summed E-state index contributed by atoms with van der Waals surface area (Å²) in [7, 11) is -3.70. The summed E-state index contributed by atoms with van der Waals surface area (Å²) in [6, 6.07) is 0. The second-order valence-corrected chi connectivity index (χ2v) is 6.41. The maximum atomic E-state index is 12.2. The molecule has 1 saturated heterocycles. The van der Waals surface area contributed by atoms with E-state index in [1.165, 1.54) is 16.7 Å². The van der Waals surface area contributed by atoms with Gasteiger partial charge in [-0.3, -0.25) is 4.79 Å². The lowest BCUT2D eigenvalue weighted by Crippen LogP contribution is -2.47. The molecule has 1 aliphatic rings. The highest BCUT2D eigenvalue weighted by Gasteiger charge is 2.28. The molecular weight excluding hydrogens is 310 g/mol. The first-order valence-electron chi connectivity index (χ1n) is 5.11. The molecule has 0 radical (unpaired) electrons. The number of aromatic nitrogens is 1. The molecule has 2 N–H and O–H groups in total. The lowest BCUT2D eigenvalue weighted by atomic mass is 10.4. The minimum Gasteiger partial charge on any atom is -0.365 e. The summed E-state index contributed by atoms with van der Waals surface area (Å²) in [6.45, 7) is 1.97. The average Bonchev–Trinajstić information content (AvgIpc) is 2.33. The third kappa shape index (κ3) is 2.44. The van der Waals surface area contributed by atoms with Gasteiger partial charge in [0, 0.05) is 38.6 Å². The number of nitrogens with zero attached hydrogens (tertiary/aromatic N) is 1. The van der Waals surface area contributed by atoms with Crippen LogP contribution in [-0.4, -0.2) is 43.9 Å². The maximum absolute atomic E-state index is 12.2. The van der Waals surface area contributed by atoms with Gasteiger partial charge in [-0.1, -0.05) is 0 Å². The molecule has 6 nitrogen and oxygen atoms in total. The van der Waals surface area contributed by atoms with Crippen molar-refractivity contribution in [3.05, 3.63) is 27.1 Å². The van der Waals surface area contributed by atoms with E-state index < -0.39 is 15.5 Å². The number of H-pyrrole nitrogens is 1. The molecule has 94 valence electrons. The first kappa shape index (κ1) is 12.7. The number of halogens is 1. The smallest absolute Gasteiger partial charge is 0.248 e. The van der Waals surface area contributed by atoms with Crippen LogP contribution in [0.25, 0.3) is 0 Å². The van der Waals surface area contributed by atoms with Crippen LogP contribution < -0.4 is 10.7 Å². The lowest BCUT2D eigenvalue weighted by molar-refractivity contribution is 0.360. The van der Waals surface area contributed by atoms with Crippen molar-refractivity contribution in [1.82, 2.24) is 14.6 Å². The predicted octanol–water partition coefficient (Wildman–Crippen LogP) is -0.269. The summed E-state index contributed by atoms with van der Waals surface area (Å²) in [4.78, 5) is 14.2. The first-order valence-corrected chi connectivity index (χ1v) is 7.34. The molecule has 0 spiro atoms. The Morgan fingerprint density at radius 1 is 1.24 bits per heavy atom. The number of aromatic amines is 1. The van der Waals surface area contributed by atoms with Gasteiger partial charge in [-0.2, -0.15) is 4.31 Å². The van der Waals surface area contributed by atoms with E-state index in [9.17, 15) is 13.2 Å². The Morgan fingerprint density at radius 2 is 1.88 bits per heavy atom. The fourth-order valence-electron chi connectivity index (χ4n) is 1.65. The number of sulfonamides is 1. The van der Waals surface area contributed by atoms with E-state index in [0.29, 0.717) is 26.2 Å². The predicted molar refractivity (Wildman–Crippen MR) is 66.4 cm³/mol. The molecule has 0 atom stereocenters. The summed E-state index contributed by atoms with van der Waals surface area (Å²) in [6.07, 6.45) is 2.64. The summed E-state index contributed by atoms with van der Waals surface area (Å²) < 4.78 is 26.0. The van der Waals surface area contributed by atoms with Crippen LogP contribution in [0.5, 0.6) is 0 Å². The summed E-state index contributed by atoms with van der Waals surface area (Å²) in [5.41, 5.74) is -0.512. The van der Waals surface area contributed by atoms with E-state index in [2.05, 4.69) is 26.2 Å². The Kier molecular flexibility index (Phi) is 3.67. The van der Waals surface area contributed by atoms with Crippen molar-refractivity contribution in [2.75, 3.05) is 26.2 Å². The highest BCUT2D eigenvalue weighted by Crippen LogP contribution is 2.13. The molecule has 1 aromatic heterocycles. The number of hydrogen-bond acceptors (Lipinski definition) is 4. The van der Waals surface area contributed by atoms with Crippen molar-refractivity contribution < 1.29 is 8.42 Å². The molecule has 8 heteroatoms. The van der Waals surface area contributed by atoms with E-state index in [-0.39, 0.29) is 9.37 Å². The van der Waals surface area contributed by atoms with Crippen LogP contribution in [0, 0.1) is 0 Å². The van der Waals surface area contributed by atoms with Gasteiger partial charge in [-0.15, -0.1) is 0 Å². The van der Waals surface area contributed by atoms with Crippen LogP contribution in [-0.2, 0) is 10.0 Å². The fraction of sp³-hybridized carbons (Fsp3) is 0.444. The monoisotopic (exact) mass is 321 g/mol. The topological polar surface area (TPSA) is 82.3 Å². The first-order chi connectivity index (χ1) is 8.03. The van der Waals surface area contributed by atoms with Crippen LogP contribution in [0.1, 0.15) is 0 Å². The van der Waals surface area contributed by atoms with Crippen LogP contribution in [0.3, 0.4) is 0 Å². The van der Waals surface area contributed by atoms with Gasteiger partial charge >= 0.3 is 0 Å². The molecule has 1 aromatic rings. The number of rotatable bonds is 2. The van der Waals surface area contributed by atoms with Crippen LogP contribution in [0.2, 0.25) is 0 Å². The normalized spacial score (nSPS) is 18.2. The lowest BCUT2D eigenvalue weighted by Gasteiger charge is -2.26. The SMILES string of the molecule is O=c1c(Br)c[nH]cc1S(=O)(=O)N1CCNCC1. The number of hydrogen-bond donors (Lipinski definition) is 2. The molecule has 0 amide bonds. The Morgan fingerprint density at radius 3 is 2.53 bits per heavy atom. The molecule has 1 fully saturated rings. The summed E-state index contributed by atoms with van der Waals surface area (Å²) in [5, 5.41) is 3.06. The van der Waals surface area contributed by atoms with E-state index in [1.807, 2.05) is 0 Å². The highest BCUT2D eigenvalue weighted by atomic mass is 79.9. The molecule has 0 aromatic carbocycles. The van der Waals surface area contributed by atoms with Gasteiger partial charge in [0.05, 0.1) is 4.47 Å². The van der Waals surface area contributed by atoms with E-state index in [4.69, 9.17) is 0 Å². The number of piperazine rings is 1. The van der Waals surface area contributed by atoms with Crippen molar-refractivity contribution in [2.45, 2.75) is 4.90 Å². The van der Waals surface area contributed by atoms with Gasteiger partial charge < -0.3 is 10.3 Å². The third-order valence-corrected chi connectivity index (χ3v) is 5.05. The second kappa shape index (κ2) is 4.89. The average molecular weight is 322 g/mol. The molecule has 0 saturated carbocycles. The van der Waals surface area contributed by atoms with Crippen molar-refractivity contribution in [2.24, 2.45) is 0 Å².